The summed E-state index contributed by atoms with van der Waals surface area (Å²) in [5.41, 5.74) is -0.126. The van der Waals surface area contributed by atoms with Crippen molar-refractivity contribution in [2.45, 2.75) is 39.2 Å². The van der Waals surface area contributed by atoms with Crippen molar-refractivity contribution in [3.8, 4) is 0 Å². The number of carbonyl (C=O) groups is 2. The molecule has 0 saturated heterocycles. The fourth-order valence-corrected chi connectivity index (χ4v) is 3.42. The number of nitrogens with one attached hydrogen (secondary N) is 1. The lowest BCUT2D eigenvalue weighted by atomic mass is 10.1. The summed E-state index contributed by atoms with van der Waals surface area (Å²) in [6.45, 7) is 1.88. The number of ether oxygens (including phenoxy) is 1. The second-order valence-corrected chi connectivity index (χ2v) is 7.64. The number of rotatable bonds is 9. The maximum absolute atomic E-state index is 13.1. The van der Waals surface area contributed by atoms with Gasteiger partial charge >= 0.3 is 5.97 Å². The number of unbranched alkanes of at least 4 members (excludes halogenated alkanes) is 3. The van der Waals surface area contributed by atoms with Gasteiger partial charge in [-0.05, 0) is 30.7 Å². The third-order valence-electron chi connectivity index (χ3n) is 4.82. The van der Waals surface area contributed by atoms with Gasteiger partial charge in [-0.25, -0.2) is 13.9 Å². The topological polar surface area (TPSA) is 90.3 Å². The lowest BCUT2D eigenvalue weighted by Crippen LogP contribution is -2.28. The van der Waals surface area contributed by atoms with Crippen molar-refractivity contribution in [2.75, 3.05) is 11.9 Å². The summed E-state index contributed by atoms with van der Waals surface area (Å²) in [6, 6.07) is 10.1. The van der Waals surface area contributed by atoms with Gasteiger partial charge in [0.1, 0.15) is 5.82 Å². The standard InChI is InChI=1S/C23H23ClFN3O4/c1-2-3-4-7-12-28-22(30)17-9-6-5-8-16(17)21(27-28)23(31)32-14-20(29)26-19-11-10-15(25)13-18(19)24/h5-6,8-11,13H,2-4,7,12,14H2,1H3,(H,26,29). The molecule has 0 aliphatic carbocycles. The minimum Gasteiger partial charge on any atom is -0.451 e. The smallest absolute Gasteiger partial charge is 0.359 e. The number of aryl methyl sites for hydroxylation is 1. The second-order valence-electron chi connectivity index (χ2n) is 7.23. The number of esters is 1. The molecule has 0 aliphatic heterocycles. The molecule has 0 fully saturated rings. The second kappa shape index (κ2) is 10.9. The van der Waals surface area contributed by atoms with Crippen LogP contribution in [-0.4, -0.2) is 28.3 Å². The van der Waals surface area contributed by atoms with E-state index in [-0.39, 0.29) is 22.0 Å². The van der Waals surface area contributed by atoms with Crippen molar-refractivity contribution in [1.82, 2.24) is 9.78 Å². The first kappa shape index (κ1) is 23.4. The van der Waals surface area contributed by atoms with Gasteiger partial charge in [-0.15, -0.1) is 0 Å². The van der Waals surface area contributed by atoms with E-state index in [0.717, 1.165) is 37.8 Å². The zero-order valence-corrected chi connectivity index (χ0v) is 18.3. The van der Waals surface area contributed by atoms with E-state index in [1.165, 1.54) is 10.7 Å². The number of amides is 1. The number of nitrogens with zero attached hydrogens (tertiary/aromatic N) is 2. The van der Waals surface area contributed by atoms with E-state index in [4.69, 9.17) is 16.3 Å². The molecule has 168 valence electrons. The fourth-order valence-electron chi connectivity index (χ4n) is 3.20. The Labute approximate surface area is 189 Å². The van der Waals surface area contributed by atoms with Gasteiger partial charge in [-0.2, -0.15) is 5.10 Å². The molecule has 0 spiro atoms. The number of hydrogen-bond donors (Lipinski definition) is 1. The van der Waals surface area contributed by atoms with Crippen LogP contribution < -0.4 is 10.9 Å². The quantitative estimate of drug-likeness (QED) is 0.374. The van der Waals surface area contributed by atoms with Crippen LogP contribution in [-0.2, 0) is 16.1 Å². The Morgan fingerprint density at radius 1 is 1.12 bits per heavy atom. The molecule has 1 heterocycles. The number of anilines is 1. The molecule has 7 nitrogen and oxygen atoms in total. The first-order valence-electron chi connectivity index (χ1n) is 10.3. The van der Waals surface area contributed by atoms with Crippen LogP contribution in [0.25, 0.3) is 10.8 Å². The van der Waals surface area contributed by atoms with E-state index in [0.29, 0.717) is 17.3 Å². The Hall–Kier alpha value is -3.26. The summed E-state index contributed by atoms with van der Waals surface area (Å²) in [7, 11) is 0. The molecule has 2 aromatic carbocycles. The van der Waals surface area contributed by atoms with Crippen molar-refractivity contribution >= 4 is 39.9 Å². The summed E-state index contributed by atoms with van der Waals surface area (Å²) in [5, 5.41) is 7.40. The zero-order valence-electron chi connectivity index (χ0n) is 17.6. The minimum atomic E-state index is -0.830. The summed E-state index contributed by atoms with van der Waals surface area (Å²) in [6.07, 6.45) is 3.81. The summed E-state index contributed by atoms with van der Waals surface area (Å²) in [4.78, 5) is 37.6. The highest BCUT2D eigenvalue weighted by molar-refractivity contribution is 6.33. The number of benzene rings is 2. The van der Waals surface area contributed by atoms with Crippen molar-refractivity contribution in [1.29, 1.82) is 0 Å². The highest BCUT2D eigenvalue weighted by Crippen LogP contribution is 2.22. The highest BCUT2D eigenvalue weighted by Gasteiger charge is 2.19. The van der Waals surface area contributed by atoms with Crippen molar-refractivity contribution < 1.29 is 18.7 Å². The van der Waals surface area contributed by atoms with Gasteiger partial charge in [0.05, 0.1) is 16.1 Å². The van der Waals surface area contributed by atoms with Gasteiger partial charge in [0.25, 0.3) is 11.5 Å². The molecular formula is C23H23ClFN3O4. The number of fused-ring (bicyclic) bond motifs is 1. The third-order valence-corrected chi connectivity index (χ3v) is 5.14. The molecule has 9 heteroatoms. The highest BCUT2D eigenvalue weighted by atomic mass is 35.5. The molecule has 1 amide bonds. The van der Waals surface area contributed by atoms with Gasteiger partial charge in [-0.1, -0.05) is 56.0 Å². The molecule has 3 rings (SSSR count). The number of carbonyl (C=O) groups excluding carboxylic acids is 2. The van der Waals surface area contributed by atoms with Crippen LogP contribution in [0.4, 0.5) is 10.1 Å². The van der Waals surface area contributed by atoms with E-state index in [1.54, 1.807) is 24.3 Å². The lowest BCUT2D eigenvalue weighted by molar-refractivity contribution is -0.119. The Balaban J connectivity index is 1.75. The maximum Gasteiger partial charge on any atom is 0.359 e. The van der Waals surface area contributed by atoms with Crippen LogP contribution in [0, 0.1) is 5.82 Å². The molecule has 0 radical (unpaired) electrons. The van der Waals surface area contributed by atoms with Gasteiger partial charge < -0.3 is 10.1 Å². The molecule has 1 aromatic heterocycles. The molecular weight excluding hydrogens is 437 g/mol. The molecule has 0 aliphatic rings. The van der Waals surface area contributed by atoms with E-state index in [9.17, 15) is 18.8 Å². The summed E-state index contributed by atoms with van der Waals surface area (Å²) in [5.74, 6) is -2.02. The first-order chi connectivity index (χ1) is 15.4. The monoisotopic (exact) mass is 459 g/mol. The van der Waals surface area contributed by atoms with Gasteiger partial charge in [-0.3, -0.25) is 9.59 Å². The normalized spacial score (nSPS) is 10.8. The average molecular weight is 460 g/mol. The Morgan fingerprint density at radius 2 is 1.88 bits per heavy atom. The molecule has 0 atom stereocenters. The predicted octanol–water partition coefficient (Wildman–Crippen LogP) is 4.56. The Morgan fingerprint density at radius 3 is 2.59 bits per heavy atom. The van der Waals surface area contributed by atoms with E-state index >= 15 is 0 Å². The van der Waals surface area contributed by atoms with Crippen LogP contribution in [0.5, 0.6) is 0 Å². The zero-order chi connectivity index (χ0) is 23.1. The van der Waals surface area contributed by atoms with E-state index in [1.807, 2.05) is 0 Å². The molecule has 0 saturated carbocycles. The predicted molar refractivity (Wildman–Crippen MR) is 120 cm³/mol. The summed E-state index contributed by atoms with van der Waals surface area (Å²) < 4.78 is 19.5. The average Bonchev–Trinajstić information content (AvgIpc) is 2.78. The third kappa shape index (κ3) is 5.70. The van der Waals surface area contributed by atoms with Gasteiger partial charge in [0, 0.05) is 11.9 Å². The molecule has 32 heavy (non-hydrogen) atoms. The molecule has 0 bridgehead atoms. The number of halogens is 2. The largest absolute Gasteiger partial charge is 0.451 e. The van der Waals surface area contributed by atoms with Gasteiger partial charge in [0.2, 0.25) is 0 Å². The first-order valence-corrected chi connectivity index (χ1v) is 10.7. The Kier molecular flexibility index (Phi) is 7.94. The van der Waals surface area contributed by atoms with Crippen LogP contribution in [0.3, 0.4) is 0 Å². The summed E-state index contributed by atoms with van der Waals surface area (Å²) >= 11 is 5.89. The Bertz CT molecular complexity index is 1200. The van der Waals surface area contributed by atoms with Crippen LogP contribution in [0.2, 0.25) is 5.02 Å². The van der Waals surface area contributed by atoms with Crippen molar-refractivity contribution in [3.05, 3.63) is 69.4 Å². The fraction of sp³-hybridized carbons (Fsp3) is 0.304. The van der Waals surface area contributed by atoms with Crippen LogP contribution in [0.15, 0.2) is 47.3 Å². The van der Waals surface area contributed by atoms with Crippen molar-refractivity contribution in [3.63, 3.8) is 0 Å². The van der Waals surface area contributed by atoms with E-state index < -0.39 is 24.3 Å². The minimum absolute atomic E-state index is 0.0208. The molecule has 3 aromatic rings. The molecule has 0 unspecified atom stereocenters. The lowest BCUT2D eigenvalue weighted by Gasteiger charge is -2.11. The van der Waals surface area contributed by atoms with Crippen LogP contribution in [0.1, 0.15) is 43.1 Å². The van der Waals surface area contributed by atoms with Gasteiger partial charge in [0.15, 0.2) is 12.3 Å². The van der Waals surface area contributed by atoms with Crippen molar-refractivity contribution in [2.24, 2.45) is 0 Å². The van der Waals surface area contributed by atoms with E-state index in [2.05, 4.69) is 17.3 Å². The SMILES string of the molecule is CCCCCCn1nc(C(=O)OCC(=O)Nc2ccc(F)cc2Cl)c2ccccc2c1=O. The number of aromatic nitrogens is 2. The molecule has 1 N–H and O–H groups in total. The maximum atomic E-state index is 13.1. The number of hydrogen-bond acceptors (Lipinski definition) is 5. The van der Waals surface area contributed by atoms with Crippen LogP contribution >= 0.6 is 11.6 Å².